The second-order valence-electron chi connectivity index (χ2n) is 10.9. The molecule has 0 saturated heterocycles. The van der Waals surface area contributed by atoms with E-state index in [1.165, 1.54) is 0 Å². The molecule has 1 N–H and O–H groups in total. The first kappa shape index (κ1) is 24.6. The molecule has 0 aliphatic heterocycles. The fourth-order valence-electron chi connectivity index (χ4n) is 5.03. The molecule has 3 heterocycles. The lowest BCUT2D eigenvalue weighted by Crippen LogP contribution is -2.17. The molecule has 5 nitrogen and oxygen atoms in total. The number of hydrogen-bond donors (Lipinski definition) is 1. The van der Waals surface area contributed by atoms with Crippen LogP contribution in [0.5, 0.6) is 0 Å². The molecule has 192 valence electrons. The van der Waals surface area contributed by atoms with Crippen LogP contribution in [0.2, 0.25) is 0 Å². The lowest BCUT2D eigenvalue weighted by Gasteiger charge is -2.19. The summed E-state index contributed by atoms with van der Waals surface area (Å²) in [6.07, 6.45) is 3.62. The molecule has 0 saturated carbocycles. The van der Waals surface area contributed by atoms with Gasteiger partial charge >= 0.3 is 0 Å². The maximum atomic E-state index is 13.0. The summed E-state index contributed by atoms with van der Waals surface area (Å²) in [5.41, 5.74) is 9.44. The third kappa shape index (κ3) is 4.57. The van der Waals surface area contributed by atoms with Crippen molar-refractivity contribution < 1.29 is 0 Å². The van der Waals surface area contributed by atoms with E-state index in [0.717, 1.165) is 50.1 Å². The van der Waals surface area contributed by atoms with Gasteiger partial charge in [-0.05, 0) is 70.1 Å². The highest BCUT2D eigenvalue weighted by molar-refractivity contribution is 5.96. The predicted molar refractivity (Wildman–Crippen MR) is 160 cm³/mol. The predicted octanol–water partition coefficient (Wildman–Crippen LogP) is 7.62. The second-order valence-corrected chi connectivity index (χ2v) is 10.9. The van der Waals surface area contributed by atoms with E-state index in [0.29, 0.717) is 11.4 Å². The third-order valence-electron chi connectivity index (χ3n) is 7.23. The molecule has 3 aromatic heterocycles. The van der Waals surface area contributed by atoms with Crippen molar-refractivity contribution in [1.29, 1.82) is 0 Å². The average molecular weight is 511 g/mol. The summed E-state index contributed by atoms with van der Waals surface area (Å²) in [5, 5.41) is 0. The SMILES string of the molecule is Cn1c(-c2cc(C(C)(C)C)c[nH]c2=O)nc2c(-c3cc(-c4ccccc4)cc(-c4ccccn4)c3)cccc21. The van der Waals surface area contributed by atoms with Crippen LogP contribution in [0.15, 0.2) is 108 Å². The molecule has 0 amide bonds. The van der Waals surface area contributed by atoms with E-state index in [-0.39, 0.29) is 11.0 Å². The Kier molecular flexibility index (Phi) is 5.99. The van der Waals surface area contributed by atoms with E-state index in [9.17, 15) is 4.79 Å². The number of benzene rings is 3. The Labute approximate surface area is 227 Å². The standard InChI is InChI=1S/C34H30N4O/c1-34(2,3)26-20-28(33(39)36-21-26)32-37-31-27(13-10-15-30(31)38(32)4)24-17-23(22-11-6-5-7-12-22)18-25(19-24)29-14-8-9-16-35-29/h5-21H,1-4H3,(H,36,39). The molecule has 0 aliphatic carbocycles. The van der Waals surface area contributed by atoms with Crippen LogP contribution >= 0.6 is 0 Å². The van der Waals surface area contributed by atoms with Crippen LogP contribution in [-0.2, 0) is 12.5 Å². The maximum Gasteiger partial charge on any atom is 0.258 e. The molecular weight excluding hydrogens is 480 g/mol. The summed E-state index contributed by atoms with van der Waals surface area (Å²) in [7, 11) is 1.97. The first-order valence-corrected chi connectivity index (χ1v) is 13.1. The molecule has 0 unspecified atom stereocenters. The number of pyridine rings is 2. The normalized spacial score (nSPS) is 11.7. The van der Waals surface area contributed by atoms with Crippen molar-refractivity contribution >= 4 is 11.0 Å². The summed E-state index contributed by atoms with van der Waals surface area (Å²) in [6, 6.07) is 31.1. The fraction of sp³-hybridized carbons (Fsp3) is 0.147. The first-order chi connectivity index (χ1) is 18.8. The molecule has 0 aliphatic rings. The molecule has 6 rings (SSSR count). The number of aryl methyl sites for hydroxylation is 1. The molecule has 0 atom stereocenters. The van der Waals surface area contributed by atoms with Crippen molar-refractivity contribution in [3.05, 3.63) is 119 Å². The Morgan fingerprint density at radius 3 is 2.23 bits per heavy atom. The van der Waals surface area contributed by atoms with Gasteiger partial charge in [-0.25, -0.2) is 4.98 Å². The van der Waals surface area contributed by atoms with E-state index in [4.69, 9.17) is 4.98 Å². The fourth-order valence-corrected chi connectivity index (χ4v) is 5.03. The molecule has 6 aromatic rings. The highest BCUT2D eigenvalue weighted by atomic mass is 16.1. The Balaban J connectivity index is 1.58. The van der Waals surface area contributed by atoms with Crippen LogP contribution in [0.25, 0.3) is 55.9 Å². The highest BCUT2D eigenvalue weighted by Crippen LogP contribution is 2.36. The number of hydrogen-bond acceptors (Lipinski definition) is 3. The van der Waals surface area contributed by atoms with Crippen molar-refractivity contribution in [3.8, 4) is 44.9 Å². The maximum absolute atomic E-state index is 13.0. The summed E-state index contributed by atoms with van der Waals surface area (Å²) < 4.78 is 2.01. The number of H-pyrrole nitrogens is 1. The van der Waals surface area contributed by atoms with Crippen LogP contribution in [-0.4, -0.2) is 19.5 Å². The number of fused-ring (bicyclic) bond motifs is 1. The molecule has 0 fully saturated rings. The van der Waals surface area contributed by atoms with Gasteiger partial charge in [0.25, 0.3) is 5.56 Å². The number of para-hydroxylation sites is 1. The van der Waals surface area contributed by atoms with E-state index >= 15 is 0 Å². The lowest BCUT2D eigenvalue weighted by atomic mass is 9.87. The molecule has 0 radical (unpaired) electrons. The van der Waals surface area contributed by atoms with E-state index in [1.807, 2.05) is 48.1 Å². The molecule has 0 spiro atoms. The minimum Gasteiger partial charge on any atom is -0.328 e. The van der Waals surface area contributed by atoms with Gasteiger partial charge in [-0.1, -0.05) is 69.3 Å². The van der Waals surface area contributed by atoms with Gasteiger partial charge in [0, 0.05) is 30.6 Å². The smallest absolute Gasteiger partial charge is 0.258 e. The largest absolute Gasteiger partial charge is 0.328 e. The van der Waals surface area contributed by atoms with Crippen molar-refractivity contribution in [2.75, 3.05) is 0 Å². The van der Waals surface area contributed by atoms with E-state index in [2.05, 4.69) is 91.4 Å². The second kappa shape index (κ2) is 9.52. The molecule has 39 heavy (non-hydrogen) atoms. The third-order valence-corrected chi connectivity index (χ3v) is 7.23. The molecule has 3 aromatic carbocycles. The van der Waals surface area contributed by atoms with Gasteiger partial charge in [0.15, 0.2) is 0 Å². The molecular formula is C34H30N4O. The Bertz CT molecular complexity index is 1800. The number of aromatic amines is 1. The molecule has 0 bridgehead atoms. The average Bonchev–Trinajstić information content (AvgIpc) is 3.29. The highest BCUT2D eigenvalue weighted by Gasteiger charge is 2.20. The molecule has 5 heteroatoms. The minimum atomic E-state index is -0.147. The first-order valence-electron chi connectivity index (χ1n) is 13.1. The lowest BCUT2D eigenvalue weighted by molar-refractivity contribution is 0.587. The van der Waals surface area contributed by atoms with Gasteiger partial charge in [0.1, 0.15) is 5.82 Å². The zero-order valence-electron chi connectivity index (χ0n) is 22.6. The van der Waals surface area contributed by atoms with Crippen LogP contribution < -0.4 is 5.56 Å². The van der Waals surface area contributed by atoms with Gasteiger partial charge in [-0.3, -0.25) is 9.78 Å². The van der Waals surface area contributed by atoms with Gasteiger partial charge in [-0.2, -0.15) is 0 Å². The van der Waals surface area contributed by atoms with Crippen molar-refractivity contribution in [2.45, 2.75) is 26.2 Å². The summed E-state index contributed by atoms with van der Waals surface area (Å²) in [4.78, 5) is 25.6. The topological polar surface area (TPSA) is 63.6 Å². The Morgan fingerprint density at radius 2 is 1.49 bits per heavy atom. The van der Waals surface area contributed by atoms with Gasteiger partial charge < -0.3 is 9.55 Å². The number of rotatable bonds is 4. The zero-order valence-corrected chi connectivity index (χ0v) is 22.6. The quantitative estimate of drug-likeness (QED) is 0.265. The van der Waals surface area contributed by atoms with Crippen LogP contribution in [0.4, 0.5) is 0 Å². The van der Waals surface area contributed by atoms with Gasteiger partial charge in [0.05, 0.1) is 22.3 Å². The number of nitrogens with zero attached hydrogens (tertiary/aromatic N) is 3. The van der Waals surface area contributed by atoms with E-state index in [1.54, 1.807) is 6.20 Å². The van der Waals surface area contributed by atoms with Crippen molar-refractivity contribution in [1.82, 2.24) is 19.5 Å². The van der Waals surface area contributed by atoms with Crippen molar-refractivity contribution in [3.63, 3.8) is 0 Å². The monoisotopic (exact) mass is 510 g/mol. The minimum absolute atomic E-state index is 0.103. The summed E-state index contributed by atoms with van der Waals surface area (Å²) in [6.45, 7) is 6.41. The summed E-state index contributed by atoms with van der Waals surface area (Å²) in [5.74, 6) is 0.647. The number of nitrogens with one attached hydrogen (secondary N) is 1. The Hall–Kier alpha value is -4.77. The van der Waals surface area contributed by atoms with Crippen LogP contribution in [0, 0.1) is 0 Å². The zero-order chi connectivity index (χ0) is 27.1. The number of imidazole rings is 1. The van der Waals surface area contributed by atoms with Gasteiger partial charge in [0.2, 0.25) is 0 Å². The van der Waals surface area contributed by atoms with Crippen LogP contribution in [0.1, 0.15) is 26.3 Å². The summed E-state index contributed by atoms with van der Waals surface area (Å²) >= 11 is 0. The Morgan fingerprint density at radius 1 is 0.744 bits per heavy atom. The van der Waals surface area contributed by atoms with Crippen LogP contribution in [0.3, 0.4) is 0 Å². The van der Waals surface area contributed by atoms with E-state index < -0.39 is 0 Å². The number of aromatic nitrogens is 4. The van der Waals surface area contributed by atoms with Gasteiger partial charge in [-0.15, -0.1) is 0 Å². The van der Waals surface area contributed by atoms with Crippen molar-refractivity contribution in [2.24, 2.45) is 7.05 Å².